The summed E-state index contributed by atoms with van der Waals surface area (Å²) in [5, 5.41) is 2.88. The van der Waals surface area contributed by atoms with E-state index >= 15 is 0 Å². The number of unbranched alkanes of at least 4 members (excludes halogenated alkanes) is 1. The molecule has 0 saturated heterocycles. The highest BCUT2D eigenvalue weighted by Gasteiger charge is 2.11. The lowest BCUT2D eigenvalue weighted by Gasteiger charge is -2.16. The van der Waals surface area contributed by atoms with Crippen LogP contribution in [0.15, 0.2) is 24.3 Å². The maximum Gasteiger partial charge on any atom is 0.387 e. The van der Waals surface area contributed by atoms with Gasteiger partial charge in [0.25, 0.3) is 0 Å². The Hall–Kier alpha value is -1.69. The number of carbonyl (C=O) groups excluding carboxylic acids is 1. The lowest BCUT2D eigenvalue weighted by Crippen LogP contribution is -2.40. The highest BCUT2D eigenvalue weighted by molar-refractivity contribution is 5.78. The van der Waals surface area contributed by atoms with Crippen molar-refractivity contribution in [2.24, 2.45) is 5.73 Å². The van der Waals surface area contributed by atoms with E-state index in [0.29, 0.717) is 6.54 Å². The van der Waals surface area contributed by atoms with Crippen LogP contribution in [0.25, 0.3) is 0 Å². The van der Waals surface area contributed by atoms with E-state index in [1.807, 2.05) is 0 Å². The molecule has 0 aliphatic rings. The van der Waals surface area contributed by atoms with Crippen molar-refractivity contribution in [2.75, 3.05) is 6.54 Å². The number of rotatable bonds is 9. The average molecular weight is 300 g/mol. The summed E-state index contributed by atoms with van der Waals surface area (Å²) in [5.74, 6) is -0.0407. The summed E-state index contributed by atoms with van der Waals surface area (Å²) in [6, 6.07) is 6.03. The second-order valence-corrected chi connectivity index (χ2v) is 4.84. The third-order valence-corrected chi connectivity index (χ3v) is 3.07. The monoisotopic (exact) mass is 300 g/mol. The molecule has 1 atom stereocenters. The Morgan fingerprint density at radius 1 is 1.33 bits per heavy atom. The predicted molar refractivity (Wildman–Crippen MR) is 77.3 cm³/mol. The molecule has 4 nitrogen and oxygen atoms in total. The Labute approximate surface area is 123 Å². The predicted octanol–water partition coefficient (Wildman–Crippen LogP) is 2.46. The number of carbonyl (C=O) groups is 1. The van der Waals surface area contributed by atoms with Crippen molar-refractivity contribution in [1.82, 2.24) is 5.32 Å². The van der Waals surface area contributed by atoms with Gasteiger partial charge >= 0.3 is 6.61 Å². The molecule has 118 valence electrons. The van der Waals surface area contributed by atoms with Gasteiger partial charge in [-0.2, -0.15) is 8.78 Å². The van der Waals surface area contributed by atoms with Crippen LogP contribution in [0.1, 0.15) is 31.7 Å². The van der Waals surface area contributed by atoms with Gasteiger partial charge in [-0.1, -0.05) is 31.9 Å². The molecule has 0 fully saturated rings. The number of nitrogens with two attached hydrogens (primary N) is 1. The van der Waals surface area contributed by atoms with Crippen molar-refractivity contribution in [3.63, 3.8) is 0 Å². The SMILES string of the molecule is CCCCC(CN)NC(=O)Cc1ccc(OC(F)F)cc1. The molecule has 1 aromatic rings. The van der Waals surface area contributed by atoms with E-state index < -0.39 is 6.61 Å². The van der Waals surface area contributed by atoms with Crippen LogP contribution in [0.2, 0.25) is 0 Å². The first-order valence-electron chi connectivity index (χ1n) is 7.08. The number of ether oxygens (including phenoxy) is 1. The maximum atomic E-state index is 12.0. The van der Waals surface area contributed by atoms with E-state index in [-0.39, 0.29) is 24.1 Å². The molecule has 0 bridgehead atoms. The molecule has 1 rings (SSSR count). The van der Waals surface area contributed by atoms with Gasteiger partial charge in [-0.3, -0.25) is 4.79 Å². The van der Waals surface area contributed by atoms with Crippen molar-refractivity contribution in [1.29, 1.82) is 0 Å². The van der Waals surface area contributed by atoms with E-state index in [9.17, 15) is 13.6 Å². The molecule has 0 saturated carbocycles. The Balaban J connectivity index is 2.46. The molecule has 0 spiro atoms. The van der Waals surface area contributed by atoms with Gasteiger partial charge in [0.15, 0.2) is 0 Å². The van der Waals surface area contributed by atoms with Crippen LogP contribution in [0.4, 0.5) is 8.78 Å². The first-order valence-corrected chi connectivity index (χ1v) is 7.08. The van der Waals surface area contributed by atoms with Crippen LogP contribution in [-0.4, -0.2) is 25.1 Å². The fourth-order valence-corrected chi connectivity index (χ4v) is 1.95. The minimum Gasteiger partial charge on any atom is -0.435 e. The molecule has 0 aromatic heterocycles. The minimum atomic E-state index is -2.84. The molecule has 0 aliphatic carbocycles. The zero-order valence-electron chi connectivity index (χ0n) is 12.1. The van der Waals surface area contributed by atoms with Crippen LogP contribution >= 0.6 is 0 Å². The van der Waals surface area contributed by atoms with Crippen molar-refractivity contribution < 1.29 is 18.3 Å². The topological polar surface area (TPSA) is 64.3 Å². The Kier molecular flexibility index (Phi) is 7.68. The van der Waals surface area contributed by atoms with Crippen LogP contribution in [0.3, 0.4) is 0 Å². The highest BCUT2D eigenvalue weighted by atomic mass is 19.3. The summed E-state index contributed by atoms with van der Waals surface area (Å²) < 4.78 is 28.3. The number of benzene rings is 1. The van der Waals surface area contributed by atoms with E-state index in [1.54, 1.807) is 12.1 Å². The number of hydrogen-bond donors (Lipinski definition) is 2. The van der Waals surface area contributed by atoms with Gasteiger partial charge in [-0.25, -0.2) is 0 Å². The number of nitrogens with one attached hydrogen (secondary N) is 1. The Bertz CT molecular complexity index is 424. The van der Waals surface area contributed by atoms with Crippen LogP contribution in [0, 0.1) is 0 Å². The van der Waals surface area contributed by atoms with Crippen molar-refractivity contribution >= 4 is 5.91 Å². The first-order chi connectivity index (χ1) is 10.0. The number of amides is 1. The summed E-state index contributed by atoms with van der Waals surface area (Å²) in [7, 11) is 0. The average Bonchev–Trinajstić information content (AvgIpc) is 2.45. The van der Waals surface area contributed by atoms with E-state index in [2.05, 4.69) is 17.0 Å². The van der Waals surface area contributed by atoms with Gasteiger partial charge in [0, 0.05) is 12.6 Å². The fraction of sp³-hybridized carbons (Fsp3) is 0.533. The molecule has 1 amide bonds. The first kappa shape index (κ1) is 17.4. The number of hydrogen-bond acceptors (Lipinski definition) is 3. The third kappa shape index (κ3) is 7.04. The van der Waals surface area contributed by atoms with Crippen molar-refractivity contribution in [3.8, 4) is 5.75 Å². The van der Waals surface area contributed by atoms with E-state index in [1.165, 1.54) is 12.1 Å². The van der Waals surface area contributed by atoms with Gasteiger partial charge < -0.3 is 15.8 Å². The number of alkyl halides is 2. The summed E-state index contributed by atoms with van der Waals surface area (Å²) in [5.41, 5.74) is 6.36. The number of halogens is 2. The largest absolute Gasteiger partial charge is 0.435 e. The van der Waals surface area contributed by atoms with Crippen molar-refractivity contribution in [2.45, 2.75) is 45.3 Å². The second-order valence-electron chi connectivity index (χ2n) is 4.84. The minimum absolute atomic E-state index is 0.0149. The maximum absolute atomic E-state index is 12.0. The molecule has 6 heteroatoms. The summed E-state index contributed by atoms with van der Waals surface area (Å²) in [6.07, 6.45) is 3.12. The Morgan fingerprint density at radius 2 is 2.00 bits per heavy atom. The lowest BCUT2D eigenvalue weighted by molar-refractivity contribution is -0.121. The van der Waals surface area contributed by atoms with Gasteiger partial charge in [-0.05, 0) is 24.1 Å². The molecule has 1 aromatic carbocycles. The fourth-order valence-electron chi connectivity index (χ4n) is 1.95. The highest BCUT2D eigenvalue weighted by Crippen LogP contribution is 2.15. The molecule has 0 radical (unpaired) electrons. The molecule has 0 aliphatic heterocycles. The molecule has 1 unspecified atom stereocenters. The third-order valence-electron chi connectivity index (χ3n) is 3.07. The quantitative estimate of drug-likeness (QED) is 0.736. The molecule has 0 heterocycles. The summed E-state index contributed by atoms with van der Waals surface area (Å²) in [4.78, 5) is 11.9. The zero-order valence-corrected chi connectivity index (χ0v) is 12.1. The molecular formula is C15H22F2N2O2. The van der Waals surface area contributed by atoms with E-state index in [0.717, 1.165) is 24.8 Å². The second kappa shape index (κ2) is 9.28. The zero-order chi connectivity index (χ0) is 15.7. The molecular weight excluding hydrogens is 278 g/mol. The van der Waals surface area contributed by atoms with Gasteiger partial charge in [0.1, 0.15) is 5.75 Å². The summed E-state index contributed by atoms with van der Waals surface area (Å²) >= 11 is 0. The van der Waals surface area contributed by atoms with Gasteiger partial charge in [0.2, 0.25) is 5.91 Å². The van der Waals surface area contributed by atoms with Crippen LogP contribution < -0.4 is 15.8 Å². The van der Waals surface area contributed by atoms with Crippen LogP contribution in [-0.2, 0) is 11.2 Å². The summed E-state index contributed by atoms with van der Waals surface area (Å²) in [6.45, 7) is -0.353. The van der Waals surface area contributed by atoms with Gasteiger partial charge in [-0.15, -0.1) is 0 Å². The smallest absolute Gasteiger partial charge is 0.387 e. The normalized spacial score (nSPS) is 12.2. The standard InChI is InChI=1S/C15H22F2N2O2/c1-2-3-4-12(10-18)19-14(20)9-11-5-7-13(8-6-11)21-15(16)17/h5-8,12,15H,2-4,9-10,18H2,1H3,(H,19,20). The molecule has 21 heavy (non-hydrogen) atoms. The van der Waals surface area contributed by atoms with Crippen molar-refractivity contribution in [3.05, 3.63) is 29.8 Å². The van der Waals surface area contributed by atoms with E-state index in [4.69, 9.17) is 5.73 Å². The Morgan fingerprint density at radius 3 is 2.52 bits per heavy atom. The molecule has 3 N–H and O–H groups in total. The lowest BCUT2D eigenvalue weighted by atomic mass is 10.1. The van der Waals surface area contributed by atoms with Crippen LogP contribution in [0.5, 0.6) is 5.75 Å². The van der Waals surface area contributed by atoms with Gasteiger partial charge in [0.05, 0.1) is 6.42 Å².